The van der Waals surface area contributed by atoms with E-state index < -0.39 is 11.9 Å². The Bertz CT molecular complexity index is 733. The SMILES string of the molecule is CCOC(=O)/C(C#N)=C/Nc1ccccc1N/C=C(\C#N)C(=O)OCC. The predicted octanol–water partition coefficient (Wildman–Crippen LogP) is 2.45. The van der Waals surface area contributed by atoms with Crippen LogP contribution in [0.15, 0.2) is 47.8 Å². The number of para-hydroxylation sites is 2. The summed E-state index contributed by atoms with van der Waals surface area (Å²) in [7, 11) is 0. The predicted molar refractivity (Wildman–Crippen MR) is 94.3 cm³/mol. The molecule has 0 unspecified atom stereocenters. The lowest BCUT2D eigenvalue weighted by atomic mass is 10.2. The van der Waals surface area contributed by atoms with E-state index >= 15 is 0 Å². The van der Waals surface area contributed by atoms with Crippen LogP contribution < -0.4 is 10.6 Å². The molecule has 0 heterocycles. The molecule has 134 valence electrons. The number of anilines is 2. The minimum Gasteiger partial charge on any atom is -0.462 e. The lowest BCUT2D eigenvalue weighted by Gasteiger charge is -2.10. The van der Waals surface area contributed by atoms with E-state index in [1.165, 1.54) is 12.4 Å². The highest BCUT2D eigenvalue weighted by Gasteiger charge is 2.11. The minimum atomic E-state index is -0.734. The fourth-order valence-corrected chi connectivity index (χ4v) is 1.73. The third-order valence-electron chi connectivity index (χ3n) is 2.90. The van der Waals surface area contributed by atoms with Crippen LogP contribution in [0, 0.1) is 22.7 Å². The molecule has 0 atom stereocenters. The lowest BCUT2D eigenvalue weighted by Crippen LogP contribution is -2.09. The van der Waals surface area contributed by atoms with Crippen molar-refractivity contribution in [3.8, 4) is 12.1 Å². The van der Waals surface area contributed by atoms with Gasteiger partial charge in [-0.25, -0.2) is 9.59 Å². The molecule has 0 aliphatic carbocycles. The first kappa shape index (κ1) is 20.3. The van der Waals surface area contributed by atoms with Crippen LogP contribution >= 0.6 is 0 Å². The molecular weight excluding hydrogens is 336 g/mol. The maximum absolute atomic E-state index is 11.6. The highest BCUT2D eigenvalue weighted by atomic mass is 16.5. The van der Waals surface area contributed by atoms with Crippen LogP contribution in [0.5, 0.6) is 0 Å². The number of nitrogens with zero attached hydrogens (tertiary/aromatic N) is 2. The Morgan fingerprint density at radius 1 is 0.923 bits per heavy atom. The van der Waals surface area contributed by atoms with Gasteiger partial charge < -0.3 is 20.1 Å². The number of nitrogens with one attached hydrogen (secondary N) is 2. The summed E-state index contributed by atoms with van der Waals surface area (Å²) in [6.45, 7) is 3.60. The van der Waals surface area contributed by atoms with Gasteiger partial charge in [-0.15, -0.1) is 0 Å². The Morgan fingerprint density at radius 2 is 1.31 bits per heavy atom. The average Bonchev–Trinajstić information content (AvgIpc) is 2.64. The second-order valence-corrected chi connectivity index (χ2v) is 4.61. The molecule has 1 aromatic carbocycles. The van der Waals surface area contributed by atoms with Crippen molar-refractivity contribution in [2.45, 2.75) is 13.8 Å². The average molecular weight is 354 g/mol. The minimum absolute atomic E-state index is 0.158. The molecule has 0 amide bonds. The molecule has 2 N–H and O–H groups in total. The van der Waals surface area contributed by atoms with Crippen LogP contribution in [0.4, 0.5) is 11.4 Å². The summed E-state index contributed by atoms with van der Waals surface area (Å²) in [5.41, 5.74) is 0.645. The van der Waals surface area contributed by atoms with Gasteiger partial charge in [-0.05, 0) is 26.0 Å². The number of nitriles is 2. The monoisotopic (exact) mass is 354 g/mol. The van der Waals surface area contributed by atoms with Crippen molar-refractivity contribution in [1.82, 2.24) is 0 Å². The van der Waals surface area contributed by atoms with Gasteiger partial charge in [0.25, 0.3) is 0 Å². The fourth-order valence-electron chi connectivity index (χ4n) is 1.73. The third-order valence-corrected chi connectivity index (χ3v) is 2.90. The van der Waals surface area contributed by atoms with Crippen molar-refractivity contribution in [2.24, 2.45) is 0 Å². The van der Waals surface area contributed by atoms with E-state index in [-0.39, 0.29) is 24.4 Å². The highest BCUT2D eigenvalue weighted by Crippen LogP contribution is 2.21. The standard InChI is InChI=1S/C18H18N4O4/c1-3-25-17(23)13(9-19)11-21-15-7-5-6-8-16(15)22-12-14(10-20)18(24)26-4-2/h5-8,11-12,21-22H,3-4H2,1-2H3/b13-11+,14-12+. The van der Waals surface area contributed by atoms with Gasteiger partial charge in [0, 0.05) is 12.4 Å². The molecule has 0 saturated heterocycles. The third kappa shape index (κ3) is 6.02. The van der Waals surface area contributed by atoms with Crippen LogP contribution in [0.1, 0.15) is 13.8 Å². The van der Waals surface area contributed by atoms with E-state index in [0.717, 1.165) is 0 Å². The van der Waals surface area contributed by atoms with Gasteiger partial charge in [0.2, 0.25) is 0 Å². The zero-order chi connectivity index (χ0) is 19.4. The number of carbonyl (C=O) groups excluding carboxylic acids is 2. The van der Waals surface area contributed by atoms with Crippen LogP contribution in [-0.4, -0.2) is 25.2 Å². The number of hydrogen-bond donors (Lipinski definition) is 2. The molecule has 26 heavy (non-hydrogen) atoms. The number of benzene rings is 1. The van der Waals surface area contributed by atoms with E-state index in [2.05, 4.69) is 10.6 Å². The van der Waals surface area contributed by atoms with E-state index in [9.17, 15) is 9.59 Å². The molecule has 1 aromatic rings. The molecule has 0 bridgehead atoms. The molecule has 8 nitrogen and oxygen atoms in total. The Hall–Kier alpha value is -3.78. The van der Waals surface area contributed by atoms with E-state index in [0.29, 0.717) is 11.4 Å². The maximum atomic E-state index is 11.6. The number of carbonyl (C=O) groups is 2. The Morgan fingerprint density at radius 3 is 1.62 bits per heavy atom. The Balaban J connectivity index is 2.98. The lowest BCUT2D eigenvalue weighted by molar-refractivity contribution is -0.138. The first-order chi connectivity index (χ1) is 12.6. The molecule has 0 fully saturated rings. The van der Waals surface area contributed by atoms with Crippen molar-refractivity contribution in [1.29, 1.82) is 10.5 Å². The number of rotatable bonds is 8. The normalized spacial score (nSPS) is 10.9. The summed E-state index contributed by atoms with van der Waals surface area (Å²) in [6.07, 6.45) is 2.44. The second kappa shape index (κ2) is 10.9. The molecular formula is C18H18N4O4. The topological polar surface area (TPSA) is 124 Å². The number of esters is 2. The van der Waals surface area contributed by atoms with Crippen molar-refractivity contribution in [2.75, 3.05) is 23.8 Å². The van der Waals surface area contributed by atoms with Crippen LogP contribution in [0.3, 0.4) is 0 Å². The van der Waals surface area contributed by atoms with Crippen LogP contribution in [0.25, 0.3) is 0 Å². The fraction of sp³-hybridized carbons (Fsp3) is 0.222. The molecule has 0 aromatic heterocycles. The zero-order valence-electron chi connectivity index (χ0n) is 14.4. The van der Waals surface area contributed by atoms with Crippen molar-refractivity contribution < 1.29 is 19.1 Å². The number of ether oxygens (including phenoxy) is 2. The van der Waals surface area contributed by atoms with Gasteiger partial charge in [0.05, 0.1) is 24.6 Å². The number of hydrogen-bond acceptors (Lipinski definition) is 8. The summed E-state index contributed by atoms with van der Waals surface area (Å²) in [5.74, 6) is -1.47. The quantitative estimate of drug-likeness (QED) is 0.414. The summed E-state index contributed by atoms with van der Waals surface area (Å²) in [4.78, 5) is 23.2. The largest absolute Gasteiger partial charge is 0.462 e. The highest BCUT2D eigenvalue weighted by molar-refractivity contribution is 5.94. The first-order valence-electron chi connectivity index (χ1n) is 7.74. The van der Waals surface area contributed by atoms with Gasteiger partial charge in [-0.1, -0.05) is 12.1 Å². The van der Waals surface area contributed by atoms with Gasteiger partial charge in [-0.2, -0.15) is 10.5 Å². The molecule has 1 rings (SSSR count). The van der Waals surface area contributed by atoms with Gasteiger partial charge in [-0.3, -0.25) is 0 Å². The van der Waals surface area contributed by atoms with Crippen LogP contribution in [-0.2, 0) is 19.1 Å². The summed E-state index contributed by atoms with van der Waals surface area (Å²) >= 11 is 0. The Kier molecular flexibility index (Phi) is 8.49. The smallest absolute Gasteiger partial charge is 0.350 e. The molecule has 0 spiro atoms. The van der Waals surface area contributed by atoms with Crippen molar-refractivity contribution in [3.05, 3.63) is 47.8 Å². The van der Waals surface area contributed by atoms with Gasteiger partial charge in [0.1, 0.15) is 12.1 Å². The molecule has 0 saturated carbocycles. The summed E-state index contributed by atoms with van der Waals surface area (Å²) < 4.78 is 9.55. The second-order valence-electron chi connectivity index (χ2n) is 4.61. The summed E-state index contributed by atoms with van der Waals surface area (Å²) in [6, 6.07) is 10.3. The molecule has 0 aliphatic rings. The van der Waals surface area contributed by atoms with E-state index in [1.807, 2.05) is 0 Å². The van der Waals surface area contributed by atoms with E-state index in [4.69, 9.17) is 20.0 Å². The molecule has 8 heteroatoms. The van der Waals surface area contributed by atoms with Crippen molar-refractivity contribution >= 4 is 23.3 Å². The first-order valence-corrected chi connectivity index (χ1v) is 7.74. The van der Waals surface area contributed by atoms with Gasteiger partial charge in [0.15, 0.2) is 11.1 Å². The zero-order valence-corrected chi connectivity index (χ0v) is 14.4. The van der Waals surface area contributed by atoms with Crippen LogP contribution in [0.2, 0.25) is 0 Å². The van der Waals surface area contributed by atoms with Crippen molar-refractivity contribution in [3.63, 3.8) is 0 Å². The van der Waals surface area contributed by atoms with Gasteiger partial charge >= 0.3 is 11.9 Å². The Labute approximate surface area is 151 Å². The maximum Gasteiger partial charge on any atom is 0.350 e. The molecule has 0 aliphatic heterocycles. The van der Waals surface area contributed by atoms with E-state index in [1.54, 1.807) is 50.3 Å². The summed E-state index contributed by atoms with van der Waals surface area (Å²) in [5, 5.41) is 23.7. The molecule has 0 radical (unpaired) electrons.